The van der Waals surface area contributed by atoms with E-state index >= 15 is 0 Å². The highest BCUT2D eigenvalue weighted by Gasteiger charge is 2.27. The number of nitrogens with zero attached hydrogens (tertiary/aromatic N) is 1. The van der Waals surface area contributed by atoms with E-state index in [0.29, 0.717) is 25.4 Å². The average Bonchev–Trinajstić information content (AvgIpc) is 3.03. The van der Waals surface area contributed by atoms with Crippen LogP contribution in [0.25, 0.3) is 0 Å². The van der Waals surface area contributed by atoms with Gasteiger partial charge in [0.1, 0.15) is 6.04 Å². The van der Waals surface area contributed by atoms with Gasteiger partial charge in [0.05, 0.1) is 0 Å². The molecule has 1 heterocycles. The Bertz CT molecular complexity index is 497. The van der Waals surface area contributed by atoms with Gasteiger partial charge in [0.15, 0.2) is 0 Å². The summed E-state index contributed by atoms with van der Waals surface area (Å²) in [6.07, 6.45) is 2.46. The van der Waals surface area contributed by atoms with E-state index in [1.54, 1.807) is 7.05 Å². The summed E-state index contributed by atoms with van der Waals surface area (Å²) in [7, 11) is 1.58. The zero-order chi connectivity index (χ0) is 15.9. The van der Waals surface area contributed by atoms with Crippen molar-refractivity contribution in [2.24, 2.45) is 5.92 Å². The molecule has 2 atom stereocenters. The van der Waals surface area contributed by atoms with Crippen molar-refractivity contribution in [2.75, 3.05) is 20.3 Å². The fourth-order valence-electron chi connectivity index (χ4n) is 2.72. The van der Waals surface area contributed by atoms with Crippen molar-refractivity contribution in [2.45, 2.75) is 31.7 Å². The number of hydrogen-bond acceptors (Lipinski definition) is 3. The molecule has 1 saturated heterocycles. The standard InChI is InChI=1S/C17H23NO4/c1-18(16(19)8-7-14-9-10-22-12-14)15(17(20)21)11-13-5-3-2-4-6-13/h2-6,14-15H,7-12H2,1H3,(H,20,21). The third-order valence-electron chi connectivity index (χ3n) is 4.21. The molecule has 1 aromatic rings. The van der Waals surface area contributed by atoms with E-state index in [1.165, 1.54) is 4.90 Å². The molecule has 2 unspecified atom stereocenters. The van der Waals surface area contributed by atoms with Gasteiger partial charge in [-0.05, 0) is 24.3 Å². The van der Waals surface area contributed by atoms with Crippen molar-refractivity contribution in [3.05, 3.63) is 35.9 Å². The van der Waals surface area contributed by atoms with Gasteiger partial charge in [-0.2, -0.15) is 0 Å². The molecular formula is C17H23NO4. The van der Waals surface area contributed by atoms with Crippen LogP contribution in [0.15, 0.2) is 30.3 Å². The van der Waals surface area contributed by atoms with Crippen LogP contribution in [0.4, 0.5) is 0 Å². The van der Waals surface area contributed by atoms with E-state index in [2.05, 4.69) is 0 Å². The van der Waals surface area contributed by atoms with Crippen LogP contribution in [0.5, 0.6) is 0 Å². The molecule has 0 spiro atoms. The van der Waals surface area contributed by atoms with Gasteiger partial charge < -0.3 is 14.7 Å². The Labute approximate surface area is 130 Å². The quantitative estimate of drug-likeness (QED) is 0.836. The molecule has 1 aliphatic rings. The first kappa shape index (κ1) is 16.5. The number of carboxylic acids is 1. The number of carbonyl (C=O) groups excluding carboxylic acids is 1. The van der Waals surface area contributed by atoms with Gasteiger partial charge in [0.25, 0.3) is 0 Å². The molecule has 22 heavy (non-hydrogen) atoms. The summed E-state index contributed by atoms with van der Waals surface area (Å²) in [5.74, 6) is -0.658. The maximum atomic E-state index is 12.3. The average molecular weight is 305 g/mol. The minimum Gasteiger partial charge on any atom is -0.480 e. The summed E-state index contributed by atoms with van der Waals surface area (Å²) in [4.78, 5) is 25.1. The Morgan fingerprint density at radius 2 is 2.09 bits per heavy atom. The number of aliphatic carboxylic acids is 1. The topological polar surface area (TPSA) is 66.8 Å². The maximum absolute atomic E-state index is 12.3. The first-order chi connectivity index (χ1) is 10.6. The first-order valence-electron chi connectivity index (χ1n) is 7.68. The summed E-state index contributed by atoms with van der Waals surface area (Å²) >= 11 is 0. The molecule has 120 valence electrons. The van der Waals surface area contributed by atoms with Crippen LogP contribution < -0.4 is 0 Å². The van der Waals surface area contributed by atoms with Gasteiger partial charge in [-0.15, -0.1) is 0 Å². The zero-order valence-corrected chi connectivity index (χ0v) is 12.9. The minimum absolute atomic E-state index is 0.116. The zero-order valence-electron chi connectivity index (χ0n) is 12.9. The van der Waals surface area contributed by atoms with E-state index in [4.69, 9.17) is 4.74 Å². The second-order valence-electron chi connectivity index (χ2n) is 5.82. The number of amides is 1. The molecule has 0 aliphatic carbocycles. The molecule has 0 saturated carbocycles. The number of benzene rings is 1. The summed E-state index contributed by atoms with van der Waals surface area (Å²) in [5, 5.41) is 9.42. The molecule has 5 heteroatoms. The molecule has 0 aromatic heterocycles. The number of carboxylic acid groups (broad SMARTS) is 1. The molecule has 1 aliphatic heterocycles. The molecule has 0 radical (unpaired) electrons. The Morgan fingerprint density at radius 3 is 2.68 bits per heavy atom. The van der Waals surface area contributed by atoms with Crippen LogP contribution in [0.3, 0.4) is 0 Å². The van der Waals surface area contributed by atoms with Crippen molar-refractivity contribution in [1.29, 1.82) is 0 Å². The minimum atomic E-state index is -0.969. The lowest BCUT2D eigenvalue weighted by Gasteiger charge is -2.25. The smallest absolute Gasteiger partial charge is 0.326 e. The summed E-state index contributed by atoms with van der Waals surface area (Å²) < 4.78 is 5.30. The van der Waals surface area contributed by atoms with E-state index < -0.39 is 12.0 Å². The fraction of sp³-hybridized carbons (Fsp3) is 0.529. The highest BCUT2D eigenvalue weighted by Crippen LogP contribution is 2.19. The Kier molecular flexibility index (Phi) is 5.95. The van der Waals surface area contributed by atoms with Crippen LogP contribution in [-0.4, -0.2) is 48.2 Å². The van der Waals surface area contributed by atoms with E-state index in [1.807, 2.05) is 30.3 Å². The number of carbonyl (C=O) groups is 2. The molecular weight excluding hydrogens is 282 g/mol. The summed E-state index contributed by atoms with van der Waals surface area (Å²) in [6.45, 7) is 1.48. The van der Waals surface area contributed by atoms with Crippen LogP contribution in [0, 0.1) is 5.92 Å². The van der Waals surface area contributed by atoms with Crippen LogP contribution >= 0.6 is 0 Å². The van der Waals surface area contributed by atoms with Crippen molar-refractivity contribution in [3.63, 3.8) is 0 Å². The van der Waals surface area contributed by atoms with Crippen molar-refractivity contribution < 1.29 is 19.4 Å². The van der Waals surface area contributed by atoms with Crippen molar-refractivity contribution in [1.82, 2.24) is 4.90 Å². The van der Waals surface area contributed by atoms with Crippen LogP contribution in [0.2, 0.25) is 0 Å². The Morgan fingerprint density at radius 1 is 1.36 bits per heavy atom. The Hall–Kier alpha value is -1.88. The van der Waals surface area contributed by atoms with E-state index in [0.717, 1.165) is 25.0 Å². The molecule has 1 aromatic carbocycles. The van der Waals surface area contributed by atoms with Gasteiger partial charge in [0, 0.05) is 33.1 Å². The first-order valence-corrected chi connectivity index (χ1v) is 7.68. The Balaban J connectivity index is 1.91. The van der Waals surface area contributed by atoms with Crippen LogP contribution in [-0.2, 0) is 20.7 Å². The normalized spacial score (nSPS) is 18.9. The van der Waals surface area contributed by atoms with Gasteiger partial charge in [-0.1, -0.05) is 30.3 Å². The second-order valence-corrected chi connectivity index (χ2v) is 5.82. The largest absolute Gasteiger partial charge is 0.480 e. The lowest BCUT2D eigenvalue weighted by atomic mass is 10.0. The van der Waals surface area contributed by atoms with Gasteiger partial charge in [-0.25, -0.2) is 4.79 Å². The molecule has 0 bridgehead atoms. The van der Waals surface area contributed by atoms with Crippen molar-refractivity contribution in [3.8, 4) is 0 Å². The second kappa shape index (κ2) is 7.94. The molecule has 1 N–H and O–H groups in total. The van der Waals surface area contributed by atoms with Gasteiger partial charge in [0.2, 0.25) is 5.91 Å². The predicted octanol–water partition coefficient (Wildman–Crippen LogP) is 1.96. The number of rotatable bonds is 7. The van der Waals surface area contributed by atoms with Gasteiger partial charge >= 0.3 is 5.97 Å². The summed E-state index contributed by atoms with van der Waals surface area (Å²) in [6, 6.07) is 8.56. The highest BCUT2D eigenvalue weighted by molar-refractivity contribution is 5.83. The number of ether oxygens (including phenoxy) is 1. The number of hydrogen-bond donors (Lipinski definition) is 1. The van der Waals surface area contributed by atoms with E-state index in [-0.39, 0.29) is 5.91 Å². The highest BCUT2D eigenvalue weighted by atomic mass is 16.5. The van der Waals surface area contributed by atoms with Crippen molar-refractivity contribution >= 4 is 11.9 Å². The predicted molar refractivity (Wildman–Crippen MR) is 82.5 cm³/mol. The maximum Gasteiger partial charge on any atom is 0.326 e. The SMILES string of the molecule is CN(C(=O)CCC1CCOC1)C(Cc1ccccc1)C(=O)O. The monoisotopic (exact) mass is 305 g/mol. The third kappa shape index (κ3) is 4.56. The molecule has 5 nitrogen and oxygen atoms in total. The molecule has 2 rings (SSSR count). The summed E-state index contributed by atoms with van der Waals surface area (Å²) in [5.41, 5.74) is 0.916. The third-order valence-corrected chi connectivity index (χ3v) is 4.21. The fourth-order valence-corrected chi connectivity index (χ4v) is 2.72. The number of likely N-dealkylation sites (N-methyl/N-ethyl adjacent to an activating group) is 1. The molecule has 1 fully saturated rings. The lowest BCUT2D eigenvalue weighted by Crippen LogP contribution is -2.43. The van der Waals surface area contributed by atoms with E-state index in [9.17, 15) is 14.7 Å². The molecule has 1 amide bonds. The van der Waals surface area contributed by atoms with Gasteiger partial charge in [-0.3, -0.25) is 4.79 Å². The lowest BCUT2D eigenvalue weighted by molar-refractivity contribution is -0.149. The van der Waals surface area contributed by atoms with Crippen LogP contribution in [0.1, 0.15) is 24.8 Å².